The Morgan fingerprint density at radius 3 is 2.36 bits per heavy atom. The van der Waals surface area contributed by atoms with E-state index in [9.17, 15) is 0 Å². The lowest BCUT2D eigenvalue weighted by Gasteiger charge is -2.22. The minimum atomic E-state index is 0.818. The normalized spacial score (nSPS) is 19.8. The van der Waals surface area contributed by atoms with E-state index in [-0.39, 0.29) is 0 Å². The van der Waals surface area contributed by atoms with Crippen LogP contribution in [0.5, 0.6) is 0 Å². The average molecular weight is 188 g/mol. The van der Waals surface area contributed by atoms with Crippen LogP contribution < -0.4 is 0 Å². The summed E-state index contributed by atoms with van der Waals surface area (Å²) in [6, 6.07) is 11.1. The summed E-state index contributed by atoms with van der Waals surface area (Å²) in [4.78, 5) is 0. The third kappa shape index (κ3) is 2.00. The molecule has 14 heavy (non-hydrogen) atoms. The first kappa shape index (κ1) is 9.76. The number of hydrogen-bond donors (Lipinski definition) is 0. The number of benzene rings is 1. The molecule has 76 valence electrons. The molecule has 0 heterocycles. The van der Waals surface area contributed by atoms with Crippen molar-refractivity contribution in [2.45, 2.75) is 44.9 Å². The molecule has 1 fully saturated rings. The van der Waals surface area contributed by atoms with Crippen LogP contribution in [0.25, 0.3) is 0 Å². The summed E-state index contributed by atoms with van der Waals surface area (Å²) in [6.45, 7) is 2.33. The molecule has 0 nitrogen and oxygen atoms in total. The molecule has 0 bridgehead atoms. The number of rotatable bonds is 3. The van der Waals surface area contributed by atoms with Crippen molar-refractivity contribution in [3.8, 4) is 0 Å². The first-order chi connectivity index (χ1) is 6.92. The SMILES string of the molecule is CC[C@H](c1ccccc1)C1CCCC1. The monoisotopic (exact) mass is 188 g/mol. The first-order valence-electron chi connectivity index (χ1n) is 5.96. The van der Waals surface area contributed by atoms with Gasteiger partial charge in [-0.15, -0.1) is 0 Å². The van der Waals surface area contributed by atoms with Gasteiger partial charge in [-0.1, -0.05) is 50.1 Å². The molecule has 0 saturated heterocycles. The Labute approximate surface area is 87.3 Å². The van der Waals surface area contributed by atoms with Gasteiger partial charge < -0.3 is 0 Å². The molecule has 0 radical (unpaired) electrons. The van der Waals surface area contributed by atoms with Crippen LogP contribution in [0.4, 0.5) is 0 Å². The van der Waals surface area contributed by atoms with Crippen molar-refractivity contribution < 1.29 is 0 Å². The first-order valence-corrected chi connectivity index (χ1v) is 5.96. The van der Waals surface area contributed by atoms with Crippen LogP contribution >= 0.6 is 0 Å². The fourth-order valence-corrected chi connectivity index (χ4v) is 2.90. The van der Waals surface area contributed by atoms with Gasteiger partial charge in [-0.3, -0.25) is 0 Å². The summed E-state index contributed by atoms with van der Waals surface area (Å²) in [5, 5.41) is 0. The van der Waals surface area contributed by atoms with Gasteiger partial charge in [-0.25, -0.2) is 0 Å². The molecule has 1 aromatic rings. The zero-order valence-electron chi connectivity index (χ0n) is 9.08. The largest absolute Gasteiger partial charge is 0.0648 e. The van der Waals surface area contributed by atoms with Crippen LogP contribution in [0.2, 0.25) is 0 Å². The maximum absolute atomic E-state index is 2.33. The van der Waals surface area contributed by atoms with E-state index in [1.807, 2.05) is 0 Å². The Morgan fingerprint density at radius 1 is 1.14 bits per heavy atom. The van der Waals surface area contributed by atoms with E-state index >= 15 is 0 Å². The molecule has 1 saturated carbocycles. The third-order valence-electron chi connectivity index (χ3n) is 3.64. The van der Waals surface area contributed by atoms with Gasteiger partial charge in [-0.05, 0) is 36.7 Å². The maximum Gasteiger partial charge on any atom is -0.0136 e. The Hall–Kier alpha value is -0.780. The Kier molecular flexibility index (Phi) is 3.23. The minimum Gasteiger partial charge on any atom is -0.0648 e. The van der Waals surface area contributed by atoms with Crippen LogP contribution in [0, 0.1) is 5.92 Å². The molecule has 0 heteroatoms. The Morgan fingerprint density at radius 2 is 1.79 bits per heavy atom. The maximum atomic E-state index is 2.33. The summed E-state index contributed by atoms with van der Waals surface area (Å²) >= 11 is 0. The summed E-state index contributed by atoms with van der Waals surface area (Å²) in [5.41, 5.74) is 1.56. The van der Waals surface area contributed by atoms with Crippen LogP contribution in [0.1, 0.15) is 50.5 Å². The van der Waals surface area contributed by atoms with E-state index in [1.165, 1.54) is 32.1 Å². The highest BCUT2D eigenvalue weighted by Gasteiger charge is 2.24. The highest BCUT2D eigenvalue weighted by Crippen LogP contribution is 2.38. The van der Waals surface area contributed by atoms with E-state index in [4.69, 9.17) is 0 Å². The lowest BCUT2D eigenvalue weighted by molar-refractivity contribution is 0.424. The zero-order chi connectivity index (χ0) is 9.80. The molecular formula is C14H20. The molecule has 1 atom stereocenters. The van der Waals surface area contributed by atoms with Crippen molar-refractivity contribution in [1.82, 2.24) is 0 Å². The Balaban J connectivity index is 2.12. The predicted octanol–water partition coefficient (Wildman–Crippen LogP) is 4.37. The average Bonchev–Trinajstić information content (AvgIpc) is 2.74. The summed E-state index contributed by atoms with van der Waals surface area (Å²) in [5.74, 6) is 1.78. The lowest BCUT2D eigenvalue weighted by Crippen LogP contribution is -2.08. The van der Waals surface area contributed by atoms with Crippen LogP contribution in [0.3, 0.4) is 0 Å². The molecule has 0 spiro atoms. The molecule has 1 aliphatic rings. The van der Waals surface area contributed by atoms with Crippen molar-refractivity contribution in [1.29, 1.82) is 0 Å². The van der Waals surface area contributed by atoms with E-state index in [0.29, 0.717) is 0 Å². The molecule has 0 amide bonds. The van der Waals surface area contributed by atoms with Crippen molar-refractivity contribution in [3.63, 3.8) is 0 Å². The van der Waals surface area contributed by atoms with Gasteiger partial charge in [0.15, 0.2) is 0 Å². The van der Waals surface area contributed by atoms with Crippen molar-refractivity contribution >= 4 is 0 Å². The molecule has 2 rings (SSSR count). The predicted molar refractivity (Wildman–Crippen MR) is 61.4 cm³/mol. The number of hydrogen-bond acceptors (Lipinski definition) is 0. The van der Waals surface area contributed by atoms with E-state index < -0.39 is 0 Å². The summed E-state index contributed by atoms with van der Waals surface area (Å²) in [6.07, 6.45) is 7.11. The molecule has 1 aliphatic carbocycles. The summed E-state index contributed by atoms with van der Waals surface area (Å²) < 4.78 is 0. The quantitative estimate of drug-likeness (QED) is 0.660. The van der Waals surface area contributed by atoms with E-state index in [0.717, 1.165) is 11.8 Å². The van der Waals surface area contributed by atoms with Crippen LogP contribution in [0.15, 0.2) is 30.3 Å². The second kappa shape index (κ2) is 4.63. The van der Waals surface area contributed by atoms with Gasteiger partial charge in [0.25, 0.3) is 0 Å². The van der Waals surface area contributed by atoms with Gasteiger partial charge in [0.1, 0.15) is 0 Å². The minimum absolute atomic E-state index is 0.818. The van der Waals surface area contributed by atoms with Crippen molar-refractivity contribution in [3.05, 3.63) is 35.9 Å². The topological polar surface area (TPSA) is 0 Å². The summed E-state index contributed by atoms with van der Waals surface area (Å²) in [7, 11) is 0. The van der Waals surface area contributed by atoms with Gasteiger partial charge in [-0.2, -0.15) is 0 Å². The molecular weight excluding hydrogens is 168 g/mol. The smallest absolute Gasteiger partial charge is 0.0136 e. The fraction of sp³-hybridized carbons (Fsp3) is 0.571. The third-order valence-corrected chi connectivity index (χ3v) is 3.64. The van der Waals surface area contributed by atoms with Crippen molar-refractivity contribution in [2.24, 2.45) is 5.92 Å². The van der Waals surface area contributed by atoms with Gasteiger partial charge in [0, 0.05) is 0 Å². The fourth-order valence-electron chi connectivity index (χ4n) is 2.90. The molecule has 1 aromatic carbocycles. The standard InChI is InChI=1S/C14H20/c1-2-14(13-10-6-7-11-13)12-8-4-3-5-9-12/h3-5,8-9,13-14H,2,6-7,10-11H2,1H3/t14-/m1/s1. The molecule has 0 N–H and O–H groups in total. The van der Waals surface area contributed by atoms with Crippen molar-refractivity contribution in [2.75, 3.05) is 0 Å². The highest BCUT2D eigenvalue weighted by molar-refractivity contribution is 5.20. The van der Waals surface area contributed by atoms with E-state index in [2.05, 4.69) is 37.3 Å². The van der Waals surface area contributed by atoms with Crippen LogP contribution in [-0.2, 0) is 0 Å². The molecule has 0 unspecified atom stereocenters. The van der Waals surface area contributed by atoms with Gasteiger partial charge in [0.2, 0.25) is 0 Å². The molecule has 0 aromatic heterocycles. The molecule has 0 aliphatic heterocycles. The van der Waals surface area contributed by atoms with Gasteiger partial charge in [0.05, 0.1) is 0 Å². The second-order valence-electron chi connectivity index (χ2n) is 4.47. The van der Waals surface area contributed by atoms with Crippen LogP contribution in [-0.4, -0.2) is 0 Å². The lowest BCUT2D eigenvalue weighted by atomic mass is 9.83. The van der Waals surface area contributed by atoms with E-state index in [1.54, 1.807) is 5.56 Å². The Bertz CT molecular complexity index is 257. The second-order valence-corrected chi connectivity index (χ2v) is 4.47. The highest BCUT2D eigenvalue weighted by atomic mass is 14.3. The zero-order valence-corrected chi connectivity index (χ0v) is 9.08. The van der Waals surface area contributed by atoms with Gasteiger partial charge >= 0.3 is 0 Å².